The summed E-state index contributed by atoms with van der Waals surface area (Å²) >= 11 is 1.63. The van der Waals surface area contributed by atoms with Crippen molar-refractivity contribution in [1.82, 2.24) is 0 Å². The van der Waals surface area contributed by atoms with Crippen LogP contribution < -0.4 is 4.72 Å². The van der Waals surface area contributed by atoms with Crippen LogP contribution in [0.15, 0.2) is 29.2 Å². The predicted molar refractivity (Wildman–Crippen MR) is 65.9 cm³/mol. The van der Waals surface area contributed by atoms with Gasteiger partial charge in [0.05, 0.1) is 5.75 Å². The second-order valence-electron chi connectivity index (χ2n) is 3.15. The maximum absolute atomic E-state index is 11.4. The summed E-state index contributed by atoms with van der Waals surface area (Å²) in [6.07, 6.45) is 2.61. The Morgan fingerprint density at radius 1 is 1.27 bits per heavy atom. The molecule has 3 nitrogen and oxygen atoms in total. The van der Waals surface area contributed by atoms with Gasteiger partial charge in [-0.2, -0.15) is 0 Å². The lowest BCUT2D eigenvalue weighted by Gasteiger charge is -2.06. The number of hydrogen-bond donors (Lipinski definition) is 1. The number of rotatable bonds is 5. The van der Waals surface area contributed by atoms with E-state index in [0.29, 0.717) is 12.1 Å². The van der Waals surface area contributed by atoms with Crippen LogP contribution in [0.2, 0.25) is 0 Å². The summed E-state index contributed by atoms with van der Waals surface area (Å²) in [5, 5.41) is 0. The van der Waals surface area contributed by atoms with Gasteiger partial charge in [0.25, 0.3) is 0 Å². The first-order valence-electron chi connectivity index (χ1n) is 4.72. The Hall–Kier alpha value is -0.680. The van der Waals surface area contributed by atoms with Crippen LogP contribution in [0.5, 0.6) is 0 Å². The summed E-state index contributed by atoms with van der Waals surface area (Å²) < 4.78 is 25.4. The van der Waals surface area contributed by atoms with E-state index in [9.17, 15) is 8.42 Å². The quantitative estimate of drug-likeness (QED) is 0.811. The number of nitrogens with one attached hydrogen (secondary N) is 1. The lowest BCUT2D eigenvalue weighted by Crippen LogP contribution is -2.15. The molecule has 0 unspecified atom stereocenters. The minimum absolute atomic E-state index is 0.164. The Balaban J connectivity index is 2.73. The zero-order chi connectivity index (χ0) is 11.3. The molecule has 84 valence electrons. The molecule has 0 aromatic heterocycles. The van der Waals surface area contributed by atoms with E-state index in [1.165, 1.54) is 0 Å². The van der Waals surface area contributed by atoms with E-state index in [0.717, 1.165) is 4.90 Å². The zero-order valence-electron chi connectivity index (χ0n) is 8.86. The topological polar surface area (TPSA) is 46.2 Å². The van der Waals surface area contributed by atoms with E-state index in [-0.39, 0.29) is 5.75 Å². The van der Waals surface area contributed by atoms with Crippen molar-refractivity contribution in [2.45, 2.75) is 18.2 Å². The fraction of sp³-hybridized carbons (Fsp3) is 0.400. The maximum Gasteiger partial charge on any atom is 0.232 e. The molecule has 1 aromatic carbocycles. The molecule has 0 saturated heterocycles. The van der Waals surface area contributed by atoms with Gasteiger partial charge in [-0.1, -0.05) is 6.92 Å². The van der Waals surface area contributed by atoms with Crippen LogP contribution in [-0.4, -0.2) is 20.4 Å². The molecule has 0 fully saturated rings. The van der Waals surface area contributed by atoms with Crippen molar-refractivity contribution in [3.8, 4) is 0 Å². The third-order valence-electron chi connectivity index (χ3n) is 1.84. The first-order valence-corrected chi connectivity index (χ1v) is 7.59. The van der Waals surface area contributed by atoms with Gasteiger partial charge in [-0.05, 0) is 36.9 Å². The molecular formula is C10H15NO2S2. The molecule has 0 radical (unpaired) electrons. The van der Waals surface area contributed by atoms with Crippen molar-refractivity contribution in [2.75, 3.05) is 16.7 Å². The second-order valence-corrected chi connectivity index (χ2v) is 5.87. The van der Waals surface area contributed by atoms with Gasteiger partial charge in [0, 0.05) is 10.6 Å². The summed E-state index contributed by atoms with van der Waals surface area (Å²) in [6, 6.07) is 7.35. The minimum atomic E-state index is -3.16. The van der Waals surface area contributed by atoms with Crippen molar-refractivity contribution >= 4 is 27.5 Å². The van der Waals surface area contributed by atoms with Gasteiger partial charge in [-0.25, -0.2) is 8.42 Å². The van der Waals surface area contributed by atoms with E-state index >= 15 is 0 Å². The highest BCUT2D eigenvalue weighted by Crippen LogP contribution is 2.18. The standard InChI is InChI=1S/C10H15NO2S2/c1-3-8-15(12,13)11-9-4-6-10(14-2)7-5-9/h4-7,11H,3,8H2,1-2H3. The Kier molecular flexibility index (Phi) is 4.47. The van der Waals surface area contributed by atoms with Crippen molar-refractivity contribution in [3.63, 3.8) is 0 Å². The third kappa shape index (κ3) is 4.13. The first kappa shape index (κ1) is 12.4. The lowest BCUT2D eigenvalue weighted by atomic mass is 10.3. The number of sulfonamides is 1. The second kappa shape index (κ2) is 5.42. The highest BCUT2D eigenvalue weighted by atomic mass is 32.2. The van der Waals surface area contributed by atoms with Crippen molar-refractivity contribution in [1.29, 1.82) is 0 Å². The first-order chi connectivity index (χ1) is 7.07. The summed E-state index contributed by atoms with van der Waals surface area (Å²) in [4.78, 5) is 1.12. The summed E-state index contributed by atoms with van der Waals surface area (Å²) in [5.74, 6) is 0.164. The molecule has 0 amide bonds. The molecule has 0 aliphatic heterocycles. The van der Waals surface area contributed by atoms with Crippen LogP contribution >= 0.6 is 11.8 Å². The van der Waals surface area contributed by atoms with E-state index < -0.39 is 10.0 Å². The molecule has 0 aliphatic carbocycles. The Morgan fingerprint density at radius 2 is 1.87 bits per heavy atom. The van der Waals surface area contributed by atoms with Crippen LogP contribution in [0, 0.1) is 0 Å². The van der Waals surface area contributed by atoms with Crippen molar-refractivity contribution in [2.24, 2.45) is 0 Å². The summed E-state index contributed by atoms with van der Waals surface area (Å²) in [6.45, 7) is 1.84. The van der Waals surface area contributed by atoms with Crippen molar-refractivity contribution < 1.29 is 8.42 Å². The largest absolute Gasteiger partial charge is 0.284 e. The highest BCUT2D eigenvalue weighted by molar-refractivity contribution is 7.98. The van der Waals surface area contributed by atoms with Gasteiger partial charge in [0.2, 0.25) is 10.0 Å². The molecule has 0 spiro atoms. The molecule has 0 atom stereocenters. The van der Waals surface area contributed by atoms with Gasteiger partial charge >= 0.3 is 0 Å². The molecular weight excluding hydrogens is 230 g/mol. The van der Waals surface area contributed by atoms with Gasteiger partial charge in [0.15, 0.2) is 0 Å². The molecule has 15 heavy (non-hydrogen) atoms. The maximum atomic E-state index is 11.4. The van der Waals surface area contributed by atoms with Crippen LogP contribution in [0.25, 0.3) is 0 Å². The highest BCUT2D eigenvalue weighted by Gasteiger charge is 2.07. The number of thioether (sulfide) groups is 1. The molecule has 1 N–H and O–H groups in total. The molecule has 5 heteroatoms. The molecule has 0 aliphatic rings. The number of hydrogen-bond acceptors (Lipinski definition) is 3. The lowest BCUT2D eigenvalue weighted by molar-refractivity contribution is 0.600. The normalized spacial score (nSPS) is 11.3. The molecule has 0 heterocycles. The van der Waals surface area contributed by atoms with Gasteiger partial charge in [0.1, 0.15) is 0 Å². The van der Waals surface area contributed by atoms with E-state index in [4.69, 9.17) is 0 Å². The monoisotopic (exact) mass is 245 g/mol. The average molecular weight is 245 g/mol. The Bertz CT molecular complexity index is 398. The smallest absolute Gasteiger partial charge is 0.232 e. The average Bonchev–Trinajstić information content (AvgIpc) is 2.18. The van der Waals surface area contributed by atoms with E-state index in [2.05, 4.69) is 4.72 Å². The van der Waals surface area contributed by atoms with Crippen molar-refractivity contribution in [3.05, 3.63) is 24.3 Å². The predicted octanol–water partition coefficient (Wildman–Crippen LogP) is 2.56. The van der Waals surface area contributed by atoms with E-state index in [1.54, 1.807) is 23.9 Å². The van der Waals surface area contributed by atoms with Gasteiger partial charge in [-0.15, -0.1) is 11.8 Å². The zero-order valence-corrected chi connectivity index (χ0v) is 10.5. The fourth-order valence-corrected chi connectivity index (χ4v) is 2.70. The molecule has 0 bridgehead atoms. The number of benzene rings is 1. The van der Waals surface area contributed by atoms with Crippen LogP contribution in [0.3, 0.4) is 0 Å². The molecule has 0 saturated carbocycles. The van der Waals surface area contributed by atoms with Gasteiger partial charge < -0.3 is 0 Å². The summed E-state index contributed by atoms with van der Waals surface area (Å²) in [7, 11) is -3.16. The summed E-state index contributed by atoms with van der Waals surface area (Å²) in [5.41, 5.74) is 0.626. The van der Waals surface area contributed by atoms with Gasteiger partial charge in [-0.3, -0.25) is 4.72 Å². The SMILES string of the molecule is CCCS(=O)(=O)Nc1ccc(SC)cc1. The Morgan fingerprint density at radius 3 is 2.33 bits per heavy atom. The van der Waals surface area contributed by atoms with E-state index in [1.807, 2.05) is 25.3 Å². The Labute approximate surface area is 95.3 Å². The van der Waals surface area contributed by atoms with Crippen LogP contribution in [-0.2, 0) is 10.0 Å². The number of anilines is 1. The van der Waals surface area contributed by atoms with Crippen LogP contribution in [0.1, 0.15) is 13.3 Å². The third-order valence-corrected chi connectivity index (χ3v) is 4.07. The minimum Gasteiger partial charge on any atom is -0.284 e. The molecule has 1 rings (SSSR count). The fourth-order valence-electron chi connectivity index (χ4n) is 1.16. The molecule has 1 aromatic rings. The van der Waals surface area contributed by atoms with Crippen LogP contribution in [0.4, 0.5) is 5.69 Å².